The van der Waals surface area contributed by atoms with Crippen LogP contribution in [0.15, 0.2) is 0 Å². The Labute approximate surface area is 118 Å². The van der Waals surface area contributed by atoms with Crippen LogP contribution in [0.2, 0.25) is 0 Å². The van der Waals surface area contributed by atoms with Gasteiger partial charge in [0.05, 0.1) is 17.4 Å². The largest absolute Gasteiger partial charge is 0.307 e. The first-order valence-electron chi connectivity index (χ1n) is 6.63. The Hall–Kier alpha value is -1.20. The minimum Gasteiger partial charge on any atom is -0.307 e. The van der Waals surface area contributed by atoms with Crippen LogP contribution in [-0.2, 0) is 13.5 Å². The molecule has 2 rings (SSSR count). The minimum absolute atomic E-state index is 0.137. The second kappa shape index (κ2) is 5.43. The third kappa shape index (κ3) is 2.44. The van der Waals surface area contributed by atoms with Gasteiger partial charge in [-0.05, 0) is 34.2 Å². The van der Waals surface area contributed by atoms with Crippen molar-refractivity contribution in [3.8, 4) is 0 Å². The van der Waals surface area contributed by atoms with Crippen LogP contribution in [0, 0.1) is 20.8 Å². The summed E-state index contributed by atoms with van der Waals surface area (Å²) in [7, 11) is 3.97. The van der Waals surface area contributed by atoms with Crippen LogP contribution in [-0.4, -0.2) is 21.8 Å². The van der Waals surface area contributed by atoms with Crippen molar-refractivity contribution >= 4 is 11.3 Å². The molecule has 0 saturated carbocycles. The Bertz CT molecular complexity index is 583. The van der Waals surface area contributed by atoms with Gasteiger partial charge in [0.1, 0.15) is 5.01 Å². The quantitative estimate of drug-likeness (QED) is 0.935. The number of rotatable bonds is 4. The molecular weight excluding hydrogens is 256 g/mol. The Morgan fingerprint density at radius 3 is 2.42 bits per heavy atom. The predicted octanol–water partition coefficient (Wildman–Crippen LogP) is 2.67. The molecule has 0 aromatic carbocycles. The third-order valence-corrected chi connectivity index (χ3v) is 4.71. The SMILES string of the molecule is CCc1nc(C(NC)c2c(C)nn(C)c2C)sc1C. The average molecular weight is 278 g/mol. The summed E-state index contributed by atoms with van der Waals surface area (Å²) in [5.41, 5.74) is 4.73. The van der Waals surface area contributed by atoms with Crippen LogP contribution in [0.5, 0.6) is 0 Å². The first-order chi connectivity index (χ1) is 8.99. The van der Waals surface area contributed by atoms with Crippen molar-refractivity contribution in [3.05, 3.63) is 32.5 Å². The van der Waals surface area contributed by atoms with Gasteiger partial charge in [-0.1, -0.05) is 6.92 Å². The summed E-state index contributed by atoms with van der Waals surface area (Å²) in [5.74, 6) is 0. The fraction of sp³-hybridized carbons (Fsp3) is 0.571. The van der Waals surface area contributed by atoms with E-state index in [0.29, 0.717) is 0 Å². The second-order valence-corrected chi connectivity index (χ2v) is 6.07. The molecule has 2 aromatic heterocycles. The summed E-state index contributed by atoms with van der Waals surface area (Å²) in [6.45, 7) is 8.48. The van der Waals surface area contributed by atoms with Gasteiger partial charge < -0.3 is 5.32 Å². The van der Waals surface area contributed by atoms with E-state index in [1.54, 1.807) is 11.3 Å². The molecule has 104 valence electrons. The molecule has 0 amide bonds. The van der Waals surface area contributed by atoms with E-state index in [4.69, 9.17) is 4.98 Å². The highest BCUT2D eigenvalue weighted by molar-refractivity contribution is 7.11. The number of aromatic nitrogens is 3. The van der Waals surface area contributed by atoms with E-state index in [2.05, 4.69) is 38.1 Å². The van der Waals surface area contributed by atoms with Crippen molar-refractivity contribution in [2.24, 2.45) is 7.05 Å². The Morgan fingerprint density at radius 2 is 2.00 bits per heavy atom. The summed E-state index contributed by atoms with van der Waals surface area (Å²) >= 11 is 1.78. The van der Waals surface area contributed by atoms with Gasteiger partial charge in [-0.15, -0.1) is 11.3 Å². The molecule has 0 fully saturated rings. The van der Waals surface area contributed by atoms with E-state index in [9.17, 15) is 0 Å². The van der Waals surface area contributed by atoms with Gasteiger partial charge >= 0.3 is 0 Å². The number of hydrogen-bond acceptors (Lipinski definition) is 4. The van der Waals surface area contributed by atoms with Gasteiger partial charge in [-0.25, -0.2) is 4.98 Å². The number of thiazole rings is 1. The van der Waals surface area contributed by atoms with Crippen LogP contribution in [0.1, 0.15) is 45.5 Å². The molecule has 1 N–H and O–H groups in total. The Morgan fingerprint density at radius 1 is 1.32 bits per heavy atom. The second-order valence-electron chi connectivity index (χ2n) is 4.84. The Balaban J connectivity index is 2.49. The first kappa shape index (κ1) is 14.2. The van der Waals surface area contributed by atoms with E-state index >= 15 is 0 Å². The molecule has 2 heterocycles. The van der Waals surface area contributed by atoms with Crippen molar-refractivity contribution in [1.29, 1.82) is 0 Å². The van der Waals surface area contributed by atoms with Crippen LogP contribution in [0.3, 0.4) is 0 Å². The van der Waals surface area contributed by atoms with Crippen LogP contribution in [0.25, 0.3) is 0 Å². The summed E-state index contributed by atoms with van der Waals surface area (Å²) in [4.78, 5) is 6.10. The first-order valence-corrected chi connectivity index (χ1v) is 7.44. The molecule has 5 heteroatoms. The molecule has 1 unspecified atom stereocenters. The lowest BCUT2D eigenvalue weighted by Crippen LogP contribution is -2.19. The smallest absolute Gasteiger partial charge is 0.115 e. The molecule has 4 nitrogen and oxygen atoms in total. The van der Waals surface area contributed by atoms with Crippen molar-refractivity contribution in [3.63, 3.8) is 0 Å². The zero-order valence-electron chi connectivity index (χ0n) is 12.5. The maximum absolute atomic E-state index is 4.79. The molecule has 19 heavy (non-hydrogen) atoms. The minimum atomic E-state index is 0.137. The van der Waals surface area contributed by atoms with E-state index in [0.717, 1.165) is 17.1 Å². The summed E-state index contributed by atoms with van der Waals surface area (Å²) in [6.07, 6.45) is 0.990. The number of nitrogens with zero attached hydrogens (tertiary/aromatic N) is 3. The van der Waals surface area contributed by atoms with Crippen LogP contribution in [0.4, 0.5) is 0 Å². The average Bonchev–Trinajstić information content (AvgIpc) is 2.85. The van der Waals surface area contributed by atoms with Gasteiger partial charge in [0.2, 0.25) is 0 Å². The van der Waals surface area contributed by atoms with E-state index in [1.165, 1.54) is 21.8 Å². The molecule has 0 bridgehead atoms. The highest BCUT2D eigenvalue weighted by Crippen LogP contribution is 2.31. The lowest BCUT2D eigenvalue weighted by molar-refractivity contribution is 0.671. The summed E-state index contributed by atoms with van der Waals surface area (Å²) < 4.78 is 1.94. The molecule has 0 aliphatic carbocycles. The Kier molecular flexibility index (Phi) is 4.06. The number of aryl methyl sites for hydroxylation is 4. The van der Waals surface area contributed by atoms with E-state index < -0.39 is 0 Å². The zero-order valence-corrected chi connectivity index (χ0v) is 13.4. The standard InChI is InChI=1S/C14H22N4S/c1-7-11-10(4)19-14(16-11)13(15-5)12-8(2)17-18(6)9(12)3/h13,15H,7H2,1-6H3. The fourth-order valence-electron chi connectivity index (χ4n) is 2.50. The lowest BCUT2D eigenvalue weighted by atomic mass is 10.1. The fourth-order valence-corrected chi connectivity index (χ4v) is 3.63. The predicted molar refractivity (Wildman–Crippen MR) is 79.8 cm³/mol. The maximum atomic E-state index is 4.79. The van der Waals surface area contributed by atoms with Gasteiger partial charge in [0, 0.05) is 23.2 Å². The van der Waals surface area contributed by atoms with Crippen molar-refractivity contribution < 1.29 is 0 Å². The van der Waals surface area contributed by atoms with Crippen molar-refractivity contribution in [1.82, 2.24) is 20.1 Å². The zero-order chi connectivity index (χ0) is 14.2. The van der Waals surface area contributed by atoms with Gasteiger partial charge in [0.25, 0.3) is 0 Å². The van der Waals surface area contributed by atoms with Gasteiger partial charge in [0.15, 0.2) is 0 Å². The van der Waals surface area contributed by atoms with Crippen LogP contribution < -0.4 is 5.32 Å². The maximum Gasteiger partial charge on any atom is 0.115 e. The van der Waals surface area contributed by atoms with Crippen molar-refractivity contribution in [2.75, 3.05) is 7.05 Å². The molecular formula is C14H22N4S. The topological polar surface area (TPSA) is 42.7 Å². The highest BCUT2D eigenvalue weighted by atomic mass is 32.1. The molecule has 0 spiro atoms. The number of nitrogens with one attached hydrogen (secondary N) is 1. The van der Waals surface area contributed by atoms with Crippen molar-refractivity contribution in [2.45, 2.75) is 40.2 Å². The molecule has 0 aliphatic rings. The molecule has 0 saturated heterocycles. The highest BCUT2D eigenvalue weighted by Gasteiger charge is 2.23. The molecule has 0 radical (unpaired) electrons. The molecule has 1 atom stereocenters. The monoisotopic (exact) mass is 278 g/mol. The third-order valence-electron chi connectivity index (χ3n) is 3.63. The van der Waals surface area contributed by atoms with Gasteiger partial charge in [-0.2, -0.15) is 5.10 Å². The lowest BCUT2D eigenvalue weighted by Gasteiger charge is -2.14. The number of hydrogen-bond donors (Lipinski definition) is 1. The molecule has 0 aliphatic heterocycles. The van der Waals surface area contributed by atoms with E-state index in [-0.39, 0.29) is 6.04 Å². The van der Waals surface area contributed by atoms with Crippen LogP contribution >= 0.6 is 11.3 Å². The normalized spacial score (nSPS) is 12.9. The summed E-state index contributed by atoms with van der Waals surface area (Å²) in [6, 6.07) is 0.137. The van der Waals surface area contributed by atoms with Gasteiger partial charge in [-0.3, -0.25) is 4.68 Å². The summed E-state index contributed by atoms with van der Waals surface area (Å²) in [5, 5.41) is 9.03. The molecule has 2 aromatic rings. The van der Waals surface area contributed by atoms with E-state index in [1.807, 2.05) is 18.8 Å².